The van der Waals surface area contributed by atoms with E-state index in [1.54, 1.807) is 20.8 Å². The molecule has 0 atom stereocenters. The second kappa shape index (κ2) is 1.83. The molecular weight excluding hydrogens is 95.5 g/mol. The molecule has 1 heteroatoms. The van der Waals surface area contributed by atoms with Crippen LogP contribution in [-0.4, -0.2) is 5.83 Å². The molecule has 0 unspecified atom stereocenters. The standard InChI is InChI=1S/C5H11Cl/c1-5(2,3)4-6/h4H2,1-3H3/i4D2. The summed E-state index contributed by atoms with van der Waals surface area (Å²) in [5.41, 5.74) is -0.464. The van der Waals surface area contributed by atoms with Crippen molar-refractivity contribution in [3.05, 3.63) is 0 Å². The maximum absolute atomic E-state index is 7.02. The minimum atomic E-state index is -1.59. The van der Waals surface area contributed by atoms with E-state index >= 15 is 0 Å². The Morgan fingerprint density at radius 2 is 1.83 bits per heavy atom. The molecule has 6 heavy (non-hydrogen) atoms. The number of rotatable bonds is 0. The third-order valence-corrected chi connectivity index (χ3v) is 0.850. The molecule has 0 radical (unpaired) electrons. The highest BCUT2D eigenvalue weighted by molar-refractivity contribution is 6.18. The van der Waals surface area contributed by atoms with E-state index in [2.05, 4.69) is 0 Å². The molecule has 0 saturated heterocycles. The van der Waals surface area contributed by atoms with E-state index in [-0.39, 0.29) is 0 Å². The lowest BCUT2D eigenvalue weighted by atomic mass is 10.0. The first-order valence-corrected chi connectivity index (χ1v) is 2.32. The van der Waals surface area contributed by atoms with Crippen molar-refractivity contribution in [2.75, 3.05) is 5.83 Å². The lowest BCUT2D eigenvalue weighted by molar-refractivity contribution is 0.477. The highest BCUT2D eigenvalue weighted by atomic mass is 35.5. The van der Waals surface area contributed by atoms with Crippen molar-refractivity contribution in [3.8, 4) is 0 Å². The molecule has 0 aromatic carbocycles. The smallest absolute Gasteiger partial charge is 0.0441 e. The second-order valence-corrected chi connectivity index (χ2v) is 2.53. The van der Waals surface area contributed by atoms with E-state index < -0.39 is 11.2 Å². The molecule has 0 bridgehead atoms. The SMILES string of the molecule is [2H]C([2H])(Cl)C(C)(C)C. The zero-order chi connectivity index (χ0) is 7.00. The van der Waals surface area contributed by atoms with Gasteiger partial charge >= 0.3 is 0 Å². The Kier molecular flexibility index (Phi) is 1.01. The van der Waals surface area contributed by atoms with Gasteiger partial charge in [0.1, 0.15) is 0 Å². The molecule has 0 aliphatic carbocycles. The zero-order valence-electron chi connectivity index (χ0n) is 6.38. The van der Waals surface area contributed by atoms with Gasteiger partial charge in [0.15, 0.2) is 0 Å². The molecule has 0 aliphatic heterocycles. The van der Waals surface area contributed by atoms with Gasteiger partial charge in [0.2, 0.25) is 0 Å². The summed E-state index contributed by atoms with van der Waals surface area (Å²) in [5.74, 6) is -1.59. The lowest BCUT2D eigenvalue weighted by Crippen LogP contribution is -2.05. The lowest BCUT2D eigenvalue weighted by Gasteiger charge is -2.10. The van der Waals surface area contributed by atoms with Gasteiger partial charge in [-0.2, -0.15) is 0 Å². The number of alkyl halides is 1. The van der Waals surface area contributed by atoms with Crippen LogP contribution in [-0.2, 0) is 0 Å². The Morgan fingerprint density at radius 1 is 1.67 bits per heavy atom. The molecule has 0 aromatic heterocycles. The van der Waals surface area contributed by atoms with Crippen molar-refractivity contribution in [1.29, 1.82) is 0 Å². The van der Waals surface area contributed by atoms with Crippen LogP contribution in [0.3, 0.4) is 0 Å². The van der Waals surface area contributed by atoms with Crippen LogP contribution in [0.2, 0.25) is 0 Å². The van der Waals surface area contributed by atoms with Gasteiger partial charge in [-0.05, 0) is 5.41 Å². The first-order valence-electron chi connectivity index (χ1n) is 2.94. The minimum absolute atomic E-state index is 0.464. The fourth-order valence-electron chi connectivity index (χ4n) is 0. The fraction of sp³-hybridized carbons (Fsp3) is 1.00. The Hall–Kier alpha value is 0.290. The first-order chi connectivity index (χ1) is 3.25. The van der Waals surface area contributed by atoms with E-state index in [4.69, 9.17) is 14.3 Å². The third kappa shape index (κ3) is 4.29. The molecule has 0 nitrogen and oxygen atoms in total. The molecule has 0 saturated carbocycles. The molecule has 0 aromatic rings. The fourth-order valence-corrected chi connectivity index (χ4v) is 0. The number of hydrogen-bond donors (Lipinski definition) is 0. The summed E-state index contributed by atoms with van der Waals surface area (Å²) >= 11 is 5.34. The monoisotopic (exact) mass is 108 g/mol. The molecule has 0 fully saturated rings. The van der Waals surface area contributed by atoms with Crippen LogP contribution in [0.5, 0.6) is 0 Å². The molecule has 0 N–H and O–H groups in total. The van der Waals surface area contributed by atoms with Crippen molar-refractivity contribution in [2.45, 2.75) is 20.8 Å². The Labute approximate surface area is 47.3 Å². The van der Waals surface area contributed by atoms with Gasteiger partial charge in [-0.3, -0.25) is 0 Å². The Bertz CT molecular complexity index is 65.4. The zero-order valence-corrected chi connectivity index (χ0v) is 5.13. The van der Waals surface area contributed by atoms with E-state index in [0.29, 0.717) is 0 Å². The summed E-state index contributed by atoms with van der Waals surface area (Å²) in [7, 11) is 0. The van der Waals surface area contributed by atoms with Gasteiger partial charge in [-0.1, -0.05) is 20.8 Å². The van der Waals surface area contributed by atoms with E-state index in [1.807, 2.05) is 0 Å². The van der Waals surface area contributed by atoms with Gasteiger partial charge < -0.3 is 0 Å². The van der Waals surface area contributed by atoms with Crippen LogP contribution in [0.25, 0.3) is 0 Å². The molecule has 0 amide bonds. The van der Waals surface area contributed by atoms with Crippen molar-refractivity contribution < 1.29 is 2.74 Å². The molecule has 0 rings (SSSR count). The maximum Gasteiger partial charge on any atom is 0.0441 e. The Morgan fingerprint density at radius 3 is 1.83 bits per heavy atom. The number of halogens is 1. The van der Waals surface area contributed by atoms with Crippen molar-refractivity contribution in [2.24, 2.45) is 5.41 Å². The first kappa shape index (κ1) is 3.31. The van der Waals surface area contributed by atoms with Crippen LogP contribution >= 0.6 is 11.6 Å². The average molecular weight is 109 g/mol. The molecular formula is C5H11Cl. The predicted molar refractivity (Wildman–Crippen MR) is 30.2 cm³/mol. The molecule has 0 heterocycles. The van der Waals surface area contributed by atoms with Gasteiger partial charge in [-0.15, -0.1) is 11.6 Å². The second-order valence-electron chi connectivity index (χ2n) is 2.34. The predicted octanol–water partition coefficient (Wildman–Crippen LogP) is 2.27. The highest BCUT2D eigenvalue weighted by Gasteiger charge is 2.05. The van der Waals surface area contributed by atoms with Gasteiger partial charge in [0, 0.05) is 8.57 Å². The minimum Gasteiger partial charge on any atom is -0.126 e. The number of hydrogen-bond acceptors (Lipinski definition) is 0. The van der Waals surface area contributed by atoms with Crippen LogP contribution in [0.1, 0.15) is 23.5 Å². The van der Waals surface area contributed by atoms with Gasteiger partial charge in [-0.25, -0.2) is 0 Å². The summed E-state index contributed by atoms with van der Waals surface area (Å²) in [6, 6.07) is 0. The van der Waals surface area contributed by atoms with Crippen LogP contribution in [0, 0.1) is 5.41 Å². The average Bonchev–Trinajstić information content (AvgIpc) is 1.25. The molecule has 0 aliphatic rings. The summed E-state index contributed by atoms with van der Waals surface area (Å²) in [4.78, 5) is 0. The summed E-state index contributed by atoms with van der Waals surface area (Å²) in [6.45, 7) is 5.29. The molecule has 0 spiro atoms. The van der Waals surface area contributed by atoms with Crippen LogP contribution < -0.4 is 0 Å². The van der Waals surface area contributed by atoms with Crippen molar-refractivity contribution >= 4 is 11.6 Å². The van der Waals surface area contributed by atoms with Crippen molar-refractivity contribution in [3.63, 3.8) is 0 Å². The topological polar surface area (TPSA) is 0 Å². The third-order valence-electron chi connectivity index (χ3n) is 0.283. The molecule has 38 valence electrons. The summed E-state index contributed by atoms with van der Waals surface area (Å²) < 4.78 is 14.0. The van der Waals surface area contributed by atoms with Gasteiger partial charge in [0.05, 0.1) is 0 Å². The van der Waals surface area contributed by atoms with E-state index in [0.717, 1.165) is 0 Å². The van der Waals surface area contributed by atoms with E-state index in [1.165, 1.54) is 0 Å². The maximum atomic E-state index is 7.02. The summed E-state index contributed by atoms with van der Waals surface area (Å²) in [5, 5.41) is 0. The summed E-state index contributed by atoms with van der Waals surface area (Å²) in [6.07, 6.45) is 0. The van der Waals surface area contributed by atoms with E-state index in [9.17, 15) is 0 Å². The normalized spacial score (nSPS) is 19.3. The van der Waals surface area contributed by atoms with Gasteiger partial charge in [0.25, 0.3) is 0 Å². The van der Waals surface area contributed by atoms with Crippen LogP contribution in [0.4, 0.5) is 0 Å². The quantitative estimate of drug-likeness (QED) is 0.418. The Balaban J connectivity index is 4.02. The van der Waals surface area contributed by atoms with Crippen molar-refractivity contribution in [1.82, 2.24) is 0 Å². The largest absolute Gasteiger partial charge is 0.126 e. The highest BCUT2D eigenvalue weighted by Crippen LogP contribution is 2.13. The van der Waals surface area contributed by atoms with Crippen LogP contribution in [0.15, 0.2) is 0 Å².